The molecule has 1 unspecified atom stereocenters. The number of nitrogens with two attached hydrogens (primary N) is 1. The van der Waals surface area contributed by atoms with E-state index in [0.29, 0.717) is 5.69 Å². The molecule has 1 aromatic rings. The van der Waals surface area contributed by atoms with Gasteiger partial charge in [0, 0.05) is 30.1 Å². The number of ether oxygens (including phenoxy) is 1. The summed E-state index contributed by atoms with van der Waals surface area (Å²) in [6.45, 7) is 5.17. The van der Waals surface area contributed by atoms with Crippen molar-refractivity contribution in [2.75, 3.05) is 23.8 Å². The van der Waals surface area contributed by atoms with Gasteiger partial charge in [-0.3, -0.25) is 0 Å². The molecule has 0 aromatic heterocycles. The predicted octanol–water partition coefficient (Wildman–Crippen LogP) is 2.80. The van der Waals surface area contributed by atoms with E-state index in [-0.39, 0.29) is 18.8 Å². The molecule has 1 atom stereocenters. The summed E-state index contributed by atoms with van der Waals surface area (Å²) >= 11 is 0. The molecule has 1 heterocycles. The Morgan fingerprint density at radius 3 is 2.80 bits per heavy atom. The van der Waals surface area contributed by atoms with Gasteiger partial charge in [0.2, 0.25) is 0 Å². The molecule has 2 rings (SSSR count). The normalized spacial score (nSPS) is 20.0. The second-order valence-electron chi connectivity index (χ2n) is 5.81. The van der Waals surface area contributed by atoms with Crippen LogP contribution in [0.3, 0.4) is 0 Å². The van der Waals surface area contributed by atoms with Crippen LogP contribution in [0.25, 0.3) is 0 Å². The first-order chi connectivity index (χ1) is 9.60. The highest BCUT2D eigenvalue weighted by Gasteiger charge is 2.21. The van der Waals surface area contributed by atoms with E-state index in [1.54, 1.807) is 0 Å². The standard InChI is InChI=1S/C16H26N2O2/c1-12(2)20-16-9-13(17)8-15(10-16)18-7-5-3-4-6-14(18)11-19/h8-10,12,14,19H,3-7,11,17H2,1-2H3. The molecule has 4 nitrogen and oxygen atoms in total. The Kier molecular flexibility index (Phi) is 5.12. The number of aliphatic hydroxyl groups excluding tert-OH is 1. The third-order valence-electron chi connectivity index (χ3n) is 3.70. The molecule has 112 valence electrons. The Bertz CT molecular complexity index is 434. The molecule has 20 heavy (non-hydrogen) atoms. The quantitative estimate of drug-likeness (QED) is 0.832. The van der Waals surface area contributed by atoms with Crippen molar-refractivity contribution in [3.8, 4) is 5.75 Å². The van der Waals surface area contributed by atoms with E-state index < -0.39 is 0 Å². The lowest BCUT2D eigenvalue weighted by atomic mass is 10.1. The van der Waals surface area contributed by atoms with Crippen LogP contribution in [0.2, 0.25) is 0 Å². The minimum atomic E-state index is 0.127. The van der Waals surface area contributed by atoms with E-state index in [4.69, 9.17) is 10.5 Å². The molecule has 0 bridgehead atoms. The van der Waals surface area contributed by atoms with Gasteiger partial charge in [-0.2, -0.15) is 0 Å². The van der Waals surface area contributed by atoms with Crippen molar-refractivity contribution in [1.29, 1.82) is 0 Å². The van der Waals surface area contributed by atoms with Gasteiger partial charge in [0.15, 0.2) is 0 Å². The molecule has 0 radical (unpaired) electrons. The van der Waals surface area contributed by atoms with E-state index in [1.807, 2.05) is 32.0 Å². The molecule has 4 heteroatoms. The smallest absolute Gasteiger partial charge is 0.123 e. The molecule has 1 fully saturated rings. The fourth-order valence-electron chi connectivity index (χ4n) is 2.82. The molecule has 0 aliphatic carbocycles. The van der Waals surface area contributed by atoms with Gasteiger partial charge in [0.1, 0.15) is 5.75 Å². The molecular formula is C16H26N2O2. The van der Waals surface area contributed by atoms with Crippen LogP contribution >= 0.6 is 0 Å². The largest absolute Gasteiger partial charge is 0.491 e. The zero-order valence-corrected chi connectivity index (χ0v) is 12.5. The highest BCUT2D eigenvalue weighted by molar-refractivity contribution is 5.61. The summed E-state index contributed by atoms with van der Waals surface area (Å²) < 4.78 is 5.76. The summed E-state index contributed by atoms with van der Waals surface area (Å²) in [5, 5.41) is 9.63. The molecule has 1 saturated heterocycles. The molecule has 0 spiro atoms. The Morgan fingerprint density at radius 1 is 1.30 bits per heavy atom. The molecule has 1 aliphatic heterocycles. The van der Waals surface area contributed by atoms with Gasteiger partial charge in [-0.05, 0) is 32.8 Å². The minimum absolute atomic E-state index is 0.127. The van der Waals surface area contributed by atoms with Crippen LogP contribution in [0.4, 0.5) is 11.4 Å². The topological polar surface area (TPSA) is 58.7 Å². The maximum absolute atomic E-state index is 9.63. The van der Waals surface area contributed by atoms with E-state index >= 15 is 0 Å². The molecular weight excluding hydrogens is 252 g/mol. The number of benzene rings is 1. The fourth-order valence-corrected chi connectivity index (χ4v) is 2.82. The van der Waals surface area contributed by atoms with Crippen molar-refractivity contribution in [3.63, 3.8) is 0 Å². The van der Waals surface area contributed by atoms with E-state index in [1.165, 1.54) is 12.8 Å². The van der Waals surface area contributed by atoms with Crippen LogP contribution in [0.1, 0.15) is 39.5 Å². The lowest BCUT2D eigenvalue weighted by Gasteiger charge is -2.31. The summed E-state index contributed by atoms with van der Waals surface area (Å²) in [6.07, 6.45) is 4.73. The monoisotopic (exact) mass is 278 g/mol. The highest BCUT2D eigenvalue weighted by atomic mass is 16.5. The predicted molar refractivity (Wildman–Crippen MR) is 83.3 cm³/mol. The summed E-state index contributed by atoms with van der Waals surface area (Å²) in [7, 11) is 0. The molecule has 1 aliphatic rings. The summed E-state index contributed by atoms with van der Waals surface area (Å²) in [5.74, 6) is 0.802. The van der Waals surface area contributed by atoms with Gasteiger partial charge >= 0.3 is 0 Å². The zero-order chi connectivity index (χ0) is 14.5. The first kappa shape index (κ1) is 15.0. The molecule has 1 aromatic carbocycles. The SMILES string of the molecule is CC(C)Oc1cc(N)cc(N2CCCCCC2CO)c1. The van der Waals surface area contributed by atoms with Crippen molar-refractivity contribution in [3.05, 3.63) is 18.2 Å². The average molecular weight is 278 g/mol. The van der Waals surface area contributed by atoms with Crippen molar-refractivity contribution in [1.82, 2.24) is 0 Å². The lowest BCUT2D eigenvalue weighted by molar-refractivity contribution is 0.242. The number of anilines is 2. The average Bonchev–Trinajstić information content (AvgIpc) is 2.61. The van der Waals surface area contributed by atoms with Gasteiger partial charge in [-0.25, -0.2) is 0 Å². The first-order valence-electron chi connectivity index (χ1n) is 7.55. The van der Waals surface area contributed by atoms with Crippen molar-refractivity contribution < 1.29 is 9.84 Å². The Labute approximate surface area is 121 Å². The van der Waals surface area contributed by atoms with Gasteiger partial charge in [-0.15, -0.1) is 0 Å². The van der Waals surface area contributed by atoms with Crippen molar-refractivity contribution in [2.24, 2.45) is 0 Å². The number of aliphatic hydroxyl groups is 1. The first-order valence-corrected chi connectivity index (χ1v) is 7.55. The van der Waals surface area contributed by atoms with Crippen LogP contribution in [0.5, 0.6) is 5.75 Å². The van der Waals surface area contributed by atoms with Crippen LogP contribution < -0.4 is 15.4 Å². The second-order valence-corrected chi connectivity index (χ2v) is 5.81. The fraction of sp³-hybridized carbons (Fsp3) is 0.625. The minimum Gasteiger partial charge on any atom is -0.491 e. The Balaban J connectivity index is 2.26. The number of rotatable bonds is 4. The van der Waals surface area contributed by atoms with Crippen LogP contribution in [0.15, 0.2) is 18.2 Å². The number of nitrogens with zero attached hydrogens (tertiary/aromatic N) is 1. The third-order valence-corrected chi connectivity index (χ3v) is 3.70. The van der Waals surface area contributed by atoms with Gasteiger partial charge in [0.25, 0.3) is 0 Å². The summed E-state index contributed by atoms with van der Waals surface area (Å²) in [5.41, 5.74) is 7.76. The van der Waals surface area contributed by atoms with Crippen molar-refractivity contribution >= 4 is 11.4 Å². The molecule has 0 amide bonds. The van der Waals surface area contributed by atoms with Crippen LogP contribution in [0, 0.1) is 0 Å². The maximum atomic E-state index is 9.63. The van der Waals surface area contributed by atoms with Gasteiger partial charge in [-0.1, -0.05) is 12.8 Å². The maximum Gasteiger partial charge on any atom is 0.123 e. The summed E-state index contributed by atoms with van der Waals surface area (Å²) in [6, 6.07) is 6.05. The Morgan fingerprint density at radius 2 is 2.10 bits per heavy atom. The summed E-state index contributed by atoms with van der Waals surface area (Å²) in [4.78, 5) is 2.27. The Hall–Kier alpha value is -1.42. The van der Waals surface area contributed by atoms with E-state index in [0.717, 1.165) is 30.8 Å². The zero-order valence-electron chi connectivity index (χ0n) is 12.5. The third kappa shape index (κ3) is 3.79. The van der Waals surface area contributed by atoms with Crippen molar-refractivity contribution in [2.45, 2.75) is 51.7 Å². The van der Waals surface area contributed by atoms with E-state index in [9.17, 15) is 5.11 Å². The molecule has 0 saturated carbocycles. The number of hydrogen-bond acceptors (Lipinski definition) is 4. The highest BCUT2D eigenvalue weighted by Crippen LogP contribution is 2.30. The van der Waals surface area contributed by atoms with E-state index in [2.05, 4.69) is 4.90 Å². The second kappa shape index (κ2) is 6.84. The van der Waals surface area contributed by atoms with Crippen LogP contribution in [-0.4, -0.2) is 30.4 Å². The van der Waals surface area contributed by atoms with Gasteiger partial charge in [0.05, 0.1) is 18.8 Å². The number of hydrogen-bond donors (Lipinski definition) is 2. The lowest BCUT2D eigenvalue weighted by Crippen LogP contribution is -2.37. The molecule has 3 N–H and O–H groups in total. The van der Waals surface area contributed by atoms with Crippen LogP contribution in [-0.2, 0) is 0 Å². The number of nitrogen functional groups attached to an aromatic ring is 1. The van der Waals surface area contributed by atoms with Gasteiger partial charge < -0.3 is 20.5 Å².